The van der Waals surface area contributed by atoms with Crippen molar-refractivity contribution in [2.75, 3.05) is 50.5 Å². The first kappa shape index (κ1) is 25.5. The van der Waals surface area contributed by atoms with Gasteiger partial charge in [0.05, 0.1) is 6.54 Å². The Kier molecular flexibility index (Phi) is 10.5. The van der Waals surface area contributed by atoms with Crippen molar-refractivity contribution < 1.29 is 9.13 Å². The molecule has 0 bridgehead atoms. The summed E-state index contributed by atoms with van der Waals surface area (Å²) in [5, 5.41) is 7.07. The highest BCUT2D eigenvalue weighted by molar-refractivity contribution is 14.0. The van der Waals surface area contributed by atoms with Crippen LogP contribution in [-0.2, 0) is 4.74 Å². The van der Waals surface area contributed by atoms with Crippen LogP contribution in [-0.4, -0.2) is 62.4 Å². The number of guanidine groups is 1. The molecule has 1 aromatic carbocycles. The third kappa shape index (κ3) is 6.88. The number of aliphatic imine (C=N–C) groups is 1. The molecule has 2 aliphatic rings. The number of halogens is 2. The first-order chi connectivity index (χ1) is 14.0. The summed E-state index contributed by atoms with van der Waals surface area (Å²) in [6, 6.07) is 5.40. The number of hydrogen-bond donors (Lipinski definition) is 2. The van der Waals surface area contributed by atoms with Crippen LogP contribution in [0.5, 0.6) is 0 Å². The minimum atomic E-state index is -0.171. The normalized spacial score (nSPS) is 21.7. The average molecular weight is 551 g/mol. The summed E-state index contributed by atoms with van der Waals surface area (Å²) in [4.78, 5) is 7.31. The van der Waals surface area contributed by atoms with Gasteiger partial charge in [0, 0.05) is 49.3 Å². The summed E-state index contributed by atoms with van der Waals surface area (Å²) in [5.41, 5.74) is 2.12. The summed E-state index contributed by atoms with van der Waals surface area (Å²) >= 11 is 1.92. The van der Waals surface area contributed by atoms with Crippen LogP contribution in [0.3, 0.4) is 0 Å². The number of hydrogen-bond acceptors (Lipinski definition) is 4. The van der Waals surface area contributed by atoms with E-state index in [1.165, 1.54) is 0 Å². The van der Waals surface area contributed by atoms with Gasteiger partial charge < -0.3 is 20.3 Å². The molecule has 170 valence electrons. The van der Waals surface area contributed by atoms with Crippen molar-refractivity contribution in [2.45, 2.75) is 50.3 Å². The number of thioether (sulfide) groups is 1. The third-order valence-corrected chi connectivity index (χ3v) is 7.37. The maximum atomic E-state index is 13.5. The van der Waals surface area contributed by atoms with E-state index in [-0.39, 0.29) is 34.5 Å². The van der Waals surface area contributed by atoms with E-state index in [4.69, 9.17) is 9.73 Å². The van der Waals surface area contributed by atoms with Crippen LogP contribution in [0.1, 0.15) is 38.2 Å². The summed E-state index contributed by atoms with van der Waals surface area (Å²) in [6.45, 7) is 9.30. The fourth-order valence-electron chi connectivity index (χ4n) is 4.19. The highest BCUT2D eigenvalue weighted by atomic mass is 127. The van der Waals surface area contributed by atoms with E-state index in [1.54, 1.807) is 12.1 Å². The number of nitrogens with one attached hydrogen (secondary N) is 2. The highest BCUT2D eigenvalue weighted by Gasteiger charge is 2.32. The van der Waals surface area contributed by atoms with Gasteiger partial charge in [0.15, 0.2) is 5.96 Å². The predicted molar refractivity (Wildman–Crippen MR) is 137 cm³/mol. The Labute approximate surface area is 202 Å². The van der Waals surface area contributed by atoms with Crippen molar-refractivity contribution in [3.63, 3.8) is 0 Å². The number of benzene rings is 1. The average Bonchev–Trinajstić information content (AvgIpc) is 2.73. The lowest BCUT2D eigenvalue weighted by Crippen LogP contribution is -2.51. The molecule has 0 amide bonds. The molecule has 1 aromatic rings. The smallest absolute Gasteiger partial charge is 0.191 e. The third-order valence-electron chi connectivity index (χ3n) is 5.97. The summed E-state index contributed by atoms with van der Waals surface area (Å²) in [7, 11) is 0. The Morgan fingerprint density at radius 3 is 2.80 bits per heavy atom. The topological polar surface area (TPSA) is 48.9 Å². The number of aryl methyl sites for hydroxylation is 1. The lowest BCUT2D eigenvalue weighted by molar-refractivity contribution is 0.0794. The van der Waals surface area contributed by atoms with Crippen LogP contribution in [0.2, 0.25) is 0 Å². The summed E-state index contributed by atoms with van der Waals surface area (Å²) in [6.07, 6.45) is 6.52. The SMILES string of the molecule is CCNC(=NCC1(SC)CCOCC1)NC1CCCN(c2ccc(F)cc2C)C1.I. The van der Waals surface area contributed by atoms with Gasteiger partial charge in [0.25, 0.3) is 0 Å². The van der Waals surface area contributed by atoms with Gasteiger partial charge in [-0.3, -0.25) is 4.99 Å². The lowest BCUT2D eigenvalue weighted by atomic mass is 9.99. The second-order valence-corrected chi connectivity index (χ2v) is 9.33. The van der Waals surface area contributed by atoms with Gasteiger partial charge in [-0.15, -0.1) is 24.0 Å². The van der Waals surface area contributed by atoms with Crippen molar-refractivity contribution in [3.8, 4) is 0 Å². The minimum absolute atomic E-state index is 0. The predicted octanol–water partition coefficient (Wildman–Crippen LogP) is 4.19. The van der Waals surface area contributed by atoms with Gasteiger partial charge >= 0.3 is 0 Å². The molecule has 30 heavy (non-hydrogen) atoms. The molecule has 0 spiro atoms. The monoisotopic (exact) mass is 550 g/mol. The van der Waals surface area contributed by atoms with E-state index >= 15 is 0 Å². The van der Waals surface area contributed by atoms with E-state index in [0.717, 1.165) is 82.3 Å². The second-order valence-electron chi connectivity index (χ2n) is 8.05. The zero-order chi connectivity index (χ0) is 20.7. The fraction of sp³-hybridized carbons (Fsp3) is 0.682. The highest BCUT2D eigenvalue weighted by Crippen LogP contribution is 2.34. The van der Waals surface area contributed by atoms with E-state index in [2.05, 4.69) is 28.7 Å². The zero-order valence-electron chi connectivity index (χ0n) is 18.4. The quantitative estimate of drug-likeness (QED) is 0.316. The van der Waals surface area contributed by atoms with Gasteiger partial charge in [0.1, 0.15) is 5.82 Å². The molecule has 0 radical (unpaired) electrons. The van der Waals surface area contributed by atoms with E-state index < -0.39 is 0 Å². The largest absolute Gasteiger partial charge is 0.381 e. The van der Waals surface area contributed by atoms with E-state index in [0.29, 0.717) is 6.04 Å². The van der Waals surface area contributed by atoms with Crippen molar-refractivity contribution in [1.82, 2.24) is 10.6 Å². The van der Waals surface area contributed by atoms with Crippen molar-refractivity contribution in [2.24, 2.45) is 4.99 Å². The molecule has 2 saturated heterocycles. The maximum absolute atomic E-state index is 13.5. The second kappa shape index (κ2) is 12.3. The Bertz CT molecular complexity index is 700. The molecule has 8 heteroatoms. The molecule has 1 atom stereocenters. The molecular weight excluding hydrogens is 514 g/mol. The van der Waals surface area contributed by atoms with Crippen molar-refractivity contribution in [1.29, 1.82) is 0 Å². The molecule has 0 aromatic heterocycles. The molecule has 5 nitrogen and oxygen atoms in total. The lowest BCUT2D eigenvalue weighted by Gasteiger charge is -2.37. The Morgan fingerprint density at radius 1 is 1.37 bits per heavy atom. The maximum Gasteiger partial charge on any atom is 0.191 e. The molecule has 3 rings (SSSR count). The Hall–Kier alpha value is -0.740. The number of anilines is 1. The first-order valence-corrected chi connectivity index (χ1v) is 12.0. The van der Waals surface area contributed by atoms with Gasteiger partial charge in [-0.1, -0.05) is 0 Å². The zero-order valence-corrected chi connectivity index (χ0v) is 21.5. The number of ether oxygens (including phenoxy) is 1. The summed E-state index contributed by atoms with van der Waals surface area (Å²) < 4.78 is 19.2. The summed E-state index contributed by atoms with van der Waals surface area (Å²) in [5.74, 6) is 0.727. The molecule has 0 aliphatic carbocycles. The molecule has 2 aliphatic heterocycles. The standard InChI is InChI=1S/C22H35FN4OS.HI/c1-4-24-21(25-16-22(29-3)9-12-28-13-10-22)26-19-6-5-11-27(15-19)20-8-7-18(23)14-17(20)2;/h7-8,14,19H,4-6,9-13,15-16H2,1-3H3,(H2,24,25,26);1H. The van der Waals surface area contributed by atoms with Gasteiger partial charge in [-0.05, 0) is 69.5 Å². The van der Waals surface area contributed by atoms with Gasteiger partial charge in [0.2, 0.25) is 0 Å². The molecule has 2 N–H and O–H groups in total. The van der Waals surface area contributed by atoms with Crippen LogP contribution >= 0.6 is 35.7 Å². The molecular formula is C22H36FIN4OS. The van der Waals surface area contributed by atoms with Gasteiger partial charge in [-0.2, -0.15) is 11.8 Å². The van der Waals surface area contributed by atoms with Crippen LogP contribution in [0.15, 0.2) is 23.2 Å². The Morgan fingerprint density at radius 2 is 2.13 bits per heavy atom. The van der Waals surface area contributed by atoms with E-state index in [1.807, 2.05) is 24.8 Å². The van der Waals surface area contributed by atoms with Crippen molar-refractivity contribution >= 4 is 47.4 Å². The fourth-order valence-corrected chi connectivity index (χ4v) is 4.96. The first-order valence-electron chi connectivity index (χ1n) is 10.7. The molecule has 2 fully saturated rings. The van der Waals surface area contributed by atoms with Crippen LogP contribution < -0.4 is 15.5 Å². The number of piperidine rings is 1. The van der Waals surface area contributed by atoms with Crippen molar-refractivity contribution in [3.05, 3.63) is 29.6 Å². The number of rotatable bonds is 6. The minimum Gasteiger partial charge on any atom is -0.381 e. The van der Waals surface area contributed by atoms with E-state index in [9.17, 15) is 4.39 Å². The molecule has 1 unspecified atom stereocenters. The van der Waals surface area contributed by atoms with Crippen LogP contribution in [0, 0.1) is 12.7 Å². The van der Waals surface area contributed by atoms with Gasteiger partial charge in [-0.25, -0.2) is 4.39 Å². The molecule has 2 heterocycles. The van der Waals surface area contributed by atoms with Crippen LogP contribution in [0.25, 0.3) is 0 Å². The number of nitrogens with zero attached hydrogens (tertiary/aromatic N) is 2. The molecule has 0 saturated carbocycles. The van der Waals surface area contributed by atoms with Crippen LogP contribution in [0.4, 0.5) is 10.1 Å². The Balaban J connectivity index is 0.00000320.